The van der Waals surface area contributed by atoms with Crippen LogP contribution in [-0.2, 0) is 14.2 Å². The zero-order valence-electron chi connectivity index (χ0n) is 20.9. The molecule has 0 bridgehead atoms. The molecule has 1 saturated heterocycles. The van der Waals surface area contributed by atoms with Crippen LogP contribution in [0, 0.1) is 5.41 Å². The minimum Gasteiger partial charge on any atom is -0.492 e. The minimum absolute atomic E-state index is 0.00131. The summed E-state index contributed by atoms with van der Waals surface area (Å²) in [5, 5.41) is 0.430. The predicted octanol–water partition coefficient (Wildman–Crippen LogP) is 4.96. The van der Waals surface area contributed by atoms with Crippen LogP contribution in [0.2, 0.25) is 5.02 Å². The third kappa shape index (κ3) is 4.29. The molecular formula is C27H32ClNO7. The maximum atomic E-state index is 13.7. The van der Waals surface area contributed by atoms with Crippen LogP contribution in [0.5, 0.6) is 11.5 Å². The van der Waals surface area contributed by atoms with Gasteiger partial charge in [0.05, 0.1) is 42.6 Å². The second-order valence-corrected chi connectivity index (χ2v) is 10.4. The Morgan fingerprint density at radius 3 is 2.61 bits per heavy atom. The van der Waals surface area contributed by atoms with Crippen molar-refractivity contribution in [3.8, 4) is 22.8 Å². The Morgan fingerprint density at radius 1 is 1.22 bits per heavy atom. The molecule has 2 aromatic rings. The van der Waals surface area contributed by atoms with Crippen molar-refractivity contribution in [3.05, 3.63) is 44.7 Å². The average molecular weight is 518 g/mol. The molecule has 1 aromatic carbocycles. The van der Waals surface area contributed by atoms with E-state index in [4.69, 9.17) is 35.3 Å². The maximum absolute atomic E-state index is 13.7. The summed E-state index contributed by atoms with van der Waals surface area (Å²) in [6, 6.07) is 5.26. The molecule has 0 spiro atoms. The first-order valence-corrected chi connectivity index (χ1v) is 12.9. The summed E-state index contributed by atoms with van der Waals surface area (Å²) in [4.78, 5) is 26.5. The number of carbonyl (C=O) groups is 1. The highest BCUT2D eigenvalue weighted by Crippen LogP contribution is 2.54. The molecule has 2 aliphatic heterocycles. The fraction of sp³-hybridized carbons (Fsp3) is 0.556. The molecule has 3 heterocycles. The van der Waals surface area contributed by atoms with Crippen LogP contribution in [0.1, 0.15) is 67.6 Å². The van der Waals surface area contributed by atoms with Crippen LogP contribution in [0.15, 0.2) is 23.0 Å². The third-order valence-electron chi connectivity index (χ3n) is 7.26. The Labute approximate surface area is 215 Å². The molecule has 0 amide bonds. The number of aromatic nitrogens is 1. The summed E-state index contributed by atoms with van der Waals surface area (Å²) >= 11 is 6.65. The highest BCUT2D eigenvalue weighted by Gasteiger charge is 2.48. The van der Waals surface area contributed by atoms with Crippen molar-refractivity contribution >= 4 is 17.6 Å². The number of esters is 1. The molecule has 1 aromatic heterocycles. The summed E-state index contributed by atoms with van der Waals surface area (Å²) < 4.78 is 30.2. The van der Waals surface area contributed by atoms with Crippen LogP contribution in [0.3, 0.4) is 0 Å². The fourth-order valence-electron chi connectivity index (χ4n) is 5.09. The smallest absolute Gasteiger partial charge is 0.343 e. The molecule has 36 heavy (non-hydrogen) atoms. The quantitative estimate of drug-likeness (QED) is 0.343. The van der Waals surface area contributed by atoms with E-state index >= 15 is 0 Å². The van der Waals surface area contributed by atoms with E-state index in [0.717, 1.165) is 42.5 Å². The highest BCUT2D eigenvalue weighted by atomic mass is 35.5. The SMILES string of the molecule is CCOC(=O)c1cc2c(n(C3CCC3)c1=O)-c1cc(Cl)c(OCCCOC)cc1OC2C1(C)COC1. The zero-order valence-corrected chi connectivity index (χ0v) is 21.7. The van der Waals surface area contributed by atoms with Gasteiger partial charge in [0.1, 0.15) is 23.2 Å². The van der Waals surface area contributed by atoms with Gasteiger partial charge in [-0.2, -0.15) is 0 Å². The summed E-state index contributed by atoms with van der Waals surface area (Å²) in [7, 11) is 1.65. The summed E-state index contributed by atoms with van der Waals surface area (Å²) in [5.41, 5.74) is 1.64. The summed E-state index contributed by atoms with van der Waals surface area (Å²) in [6.45, 7) is 6.08. The van der Waals surface area contributed by atoms with Crippen molar-refractivity contribution in [2.45, 2.75) is 51.7 Å². The van der Waals surface area contributed by atoms with Crippen molar-refractivity contribution in [3.63, 3.8) is 0 Å². The number of ether oxygens (including phenoxy) is 5. The second kappa shape index (κ2) is 10.1. The van der Waals surface area contributed by atoms with Crippen molar-refractivity contribution in [1.29, 1.82) is 0 Å². The van der Waals surface area contributed by atoms with Crippen LogP contribution < -0.4 is 15.0 Å². The van der Waals surface area contributed by atoms with Crippen LogP contribution in [0.25, 0.3) is 11.3 Å². The lowest BCUT2D eigenvalue weighted by molar-refractivity contribution is -0.156. The first-order valence-electron chi connectivity index (χ1n) is 12.5. The monoisotopic (exact) mass is 517 g/mol. The van der Waals surface area contributed by atoms with E-state index in [0.29, 0.717) is 42.9 Å². The van der Waals surface area contributed by atoms with Gasteiger partial charge in [-0.25, -0.2) is 4.79 Å². The Morgan fingerprint density at radius 2 is 2.00 bits per heavy atom. The number of fused-ring (bicyclic) bond motifs is 3. The van der Waals surface area contributed by atoms with E-state index in [1.807, 2.05) is 0 Å². The van der Waals surface area contributed by atoms with Crippen LogP contribution in [-0.4, -0.2) is 50.7 Å². The summed E-state index contributed by atoms with van der Waals surface area (Å²) in [6.07, 6.45) is 3.07. The molecule has 1 atom stereocenters. The third-order valence-corrected chi connectivity index (χ3v) is 7.56. The Kier molecular flexibility index (Phi) is 7.03. The molecule has 1 aliphatic carbocycles. The lowest BCUT2D eigenvalue weighted by Crippen LogP contribution is -2.48. The fourth-order valence-corrected chi connectivity index (χ4v) is 5.30. The Balaban J connectivity index is 1.68. The summed E-state index contributed by atoms with van der Waals surface area (Å²) in [5.74, 6) is 0.503. The van der Waals surface area contributed by atoms with Gasteiger partial charge in [0, 0.05) is 43.4 Å². The first-order chi connectivity index (χ1) is 17.4. The molecule has 2 fully saturated rings. The van der Waals surface area contributed by atoms with E-state index in [2.05, 4.69) is 6.92 Å². The van der Waals surface area contributed by atoms with Crippen LogP contribution in [0.4, 0.5) is 0 Å². The van der Waals surface area contributed by atoms with Gasteiger partial charge in [0.2, 0.25) is 0 Å². The number of hydrogen-bond donors (Lipinski definition) is 0. The van der Waals surface area contributed by atoms with Gasteiger partial charge in [-0.3, -0.25) is 4.79 Å². The molecule has 1 saturated carbocycles. The number of nitrogens with zero attached hydrogens (tertiary/aromatic N) is 1. The van der Waals surface area contributed by atoms with Gasteiger partial charge in [-0.05, 0) is 38.3 Å². The lowest BCUT2D eigenvalue weighted by Gasteiger charge is -2.47. The Bertz CT molecular complexity index is 1220. The number of methoxy groups -OCH3 is 1. The molecular weight excluding hydrogens is 486 g/mol. The van der Waals surface area contributed by atoms with E-state index in [1.165, 1.54) is 0 Å². The molecule has 194 valence electrons. The molecule has 3 aliphatic rings. The molecule has 9 heteroatoms. The van der Waals surface area contributed by atoms with E-state index in [1.54, 1.807) is 36.8 Å². The zero-order chi connectivity index (χ0) is 25.4. The highest BCUT2D eigenvalue weighted by molar-refractivity contribution is 6.32. The van der Waals surface area contributed by atoms with E-state index in [-0.39, 0.29) is 29.2 Å². The first kappa shape index (κ1) is 25.1. The number of hydrogen-bond acceptors (Lipinski definition) is 7. The van der Waals surface area contributed by atoms with Crippen molar-refractivity contribution in [2.24, 2.45) is 5.41 Å². The van der Waals surface area contributed by atoms with Gasteiger partial charge < -0.3 is 28.3 Å². The van der Waals surface area contributed by atoms with Gasteiger partial charge in [0.25, 0.3) is 5.56 Å². The molecule has 0 N–H and O–H groups in total. The van der Waals surface area contributed by atoms with Gasteiger partial charge in [-0.1, -0.05) is 18.5 Å². The Hall–Kier alpha value is -2.55. The lowest BCUT2D eigenvalue weighted by atomic mass is 9.76. The van der Waals surface area contributed by atoms with E-state index in [9.17, 15) is 9.59 Å². The number of benzene rings is 1. The van der Waals surface area contributed by atoms with Crippen molar-refractivity contribution < 1.29 is 28.5 Å². The number of rotatable bonds is 9. The molecule has 0 radical (unpaired) electrons. The molecule has 5 rings (SSSR count). The maximum Gasteiger partial charge on any atom is 0.343 e. The van der Waals surface area contributed by atoms with Gasteiger partial charge >= 0.3 is 5.97 Å². The second-order valence-electron chi connectivity index (χ2n) is 9.96. The largest absolute Gasteiger partial charge is 0.492 e. The topological polar surface area (TPSA) is 85.2 Å². The van der Waals surface area contributed by atoms with Crippen molar-refractivity contribution in [1.82, 2.24) is 4.57 Å². The number of halogens is 1. The van der Waals surface area contributed by atoms with Crippen LogP contribution >= 0.6 is 11.6 Å². The standard InChI is InChI=1S/C27H32ClNO7/c1-4-34-26(31)19-11-18-23(29(25(19)30)16-7-5-8-16)17-12-20(28)22(35-10-6-9-32-3)13-21(17)36-24(18)27(2)14-33-15-27/h11-13,16,24H,4-10,14-15H2,1-3H3. The van der Waals surface area contributed by atoms with E-state index < -0.39 is 12.1 Å². The minimum atomic E-state index is -0.615. The predicted molar refractivity (Wildman–Crippen MR) is 134 cm³/mol. The van der Waals surface area contributed by atoms with Gasteiger partial charge in [0.15, 0.2) is 0 Å². The normalized spacial score (nSPS) is 19.8. The van der Waals surface area contributed by atoms with Crippen molar-refractivity contribution in [2.75, 3.05) is 40.1 Å². The van der Waals surface area contributed by atoms with Gasteiger partial charge in [-0.15, -0.1) is 0 Å². The number of carbonyl (C=O) groups excluding carboxylic acids is 1. The molecule has 8 nitrogen and oxygen atoms in total. The number of pyridine rings is 1. The average Bonchev–Trinajstić information content (AvgIpc) is 2.80. The molecule has 1 unspecified atom stereocenters.